The van der Waals surface area contributed by atoms with E-state index in [2.05, 4.69) is 50.5 Å². The molecule has 0 heterocycles. The van der Waals surface area contributed by atoms with Crippen molar-refractivity contribution in [1.29, 1.82) is 0 Å². The van der Waals surface area contributed by atoms with Gasteiger partial charge < -0.3 is 10.4 Å². The van der Waals surface area contributed by atoms with E-state index in [1.54, 1.807) is 0 Å². The second-order valence-electron chi connectivity index (χ2n) is 2.84. The predicted molar refractivity (Wildman–Crippen MR) is 71.0 cm³/mol. The first-order valence-corrected chi connectivity index (χ1v) is 6.07. The molecule has 13 heavy (non-hydrogen) atoms. The Balaban J connectivity index is 3.20. The van der Waals surface area contributed by atoms with Crippen molar-refractivity contribution in [3.63, 3.8) is 0 Å². The summed E-state index contributed by atoms with van der Waals surface area (Å²) in [5.41, 5.74) is 0.957. The third-order valence-electron chi connectivity index (χ3n) is 1.96. The highest BCUT2D eigenvalue weighted by Crippen LogP contribution is 2.30. The molecule has 72 valence electrons. The quantitative estimate of drug-likeness (QED) is 0.745. The number of hydrogen-bond acceptors (Lipinski definition) is 2. The number of phenols is 1. The zero-order valence-corrected chi connectivity index (χ0v) is 11.8. The van der Waals surface area contributed by atoms with E-state index in [4.69, 9.17) is 0 Å². The van der Waals surface area contributed by atoms with Crippen molar-refractivity contribution in [2.24, 2.45) is 0 Å². The number of halogens is 2. The van der Waals surface area contributed by atoms with Crippen LogP contribution in [-0.4, -0.2) is 12.2 Å². The van der Waals surface area contributed by atoms with Gasteiger partial charge in [0.15, 0.2) is 0 Å². The number of aromatic hydroxyl groups is 1. The summed E-state index contributed by atoms with van der Waals surface area (Å²) in [5.74, 6) is 0.392. The molecule has 0 spiro atoms. The lowest BCUT2D eigenvalue weighted by Gasteiger charge is -2.13. The summed E-state index contributed by atoms with van der Waals surface area (Å²) in [6.45, 7) is 2.03. The Labute approximate surface area is 105 Å². The van der Waals surface area contributed by atoms with Crippen LogP contribution in [-0.2, 0) is 0 Å². The molecule has 1 aromatic rings. The van der Waals surface area contributed by atoms with Crippen LogP contribution in [0.4, 0.5) is 0 Å². The van der Waals surface area contributed by atoms with E-state index in [0.717, 1.165) is 12.7 Å². The average Bonchev–Trinajstić information content (AvgIpc) is 2.10. The summed E-state index contributed by atoms with van der Waals surface area (Å²) >= 11 is 4.40. The summed E-state index contributed by atoms with van der Waals surface area (Å²) in [6, 6.07) is 4.14. The van der Waals surface area contributed by atoms with Crippen molar-refractivity contribution in [2.75, 3.05) is 7.05 Å². The summed E-state index contributed by atoms with van der Waals surface area (Å²) < 4.78 is 2.05. The van der Waals surface area contributed by atoms with Gasteiger partial charge in [-0.05, 0) is 71.3 Å². The van der Waals surface area contributed by atoms with Crippen molar-refractivity contribution in [1.82, 2.24) is 5.32 Å². The Morgan fingerprint density at radius 3 is 2.54 bits per heavy atom. The first-order chi connectivity index (χ1) is 6.06. The molecule has 1 aromatic carbocycles. The zero-order chi connectivity index (χ0) is 10.0. The SMILES string of the molecule is CN[C@@H](C)c1cc(I)cc(I)c1O. The van der Waals surface area contributed by atoms with Crippen molar-refractivity contribution in [3.05, 3.63) is 24.8 Å². The maximum absolute atomic E-state index is 9.77. The highest BCUT2D eigenvalue weighted by atomic mass is 127. The fourth-order valence-electron chi connectivity index (χ4n) is 1.07. The van der Waals surface area contributed by atoms with Crippen LogP contribution >= 0.6 is 45.2 Å². The van der Waals surface area contributed by atoms with Gasteiger partial charge >= 0.3 is 0 Å². The number of phenolic OH excluding ortho intramolecular Hbond substituents is 1. The van der Waals surface area contributed by atoms with Gasteiger partial charge in [0.2, 0.25) is 0 Å². The molecule has 0 aliphatic heterocycles. The first kappa shape index (κ1) is 11.5. The van der Waals surface area contributed by atoms with Gasteiger partial charge in [-0.3, -0.25) is 0 Å². The number of nitrogens with one attached hydrogen (secondary N) is 1. The van der Waals surface area contributed by atoms with Gasteiger partial charge in [-0.1, -0.05) is 0 Å². The maximum Gasteiger partial charge on any atom is 0.133 e. The van der Waals surface area contributed by atoms with Gasteiger partial charge in [-0.2, -0.15) is 0 Å². The Morgan fingerprint density at radius 1 is 1.38 bits per heavy atom. The highest BCUT2D eigenvalue weighted by molar-refractivity contribution is 14.1. The van der Waals surface area contributed by atoms with Crippen molar-refractivity contribution in [3.8, 4) is 5.75 Å². The van der Waals surface area contributed by atoms with Crippen LogP contribution in [0.2, 0.25) is 0 Å². The Bertz CT molecular complexity index is 315. The monoisotopic (exact) mass is 403 g/mol. The van der Waals surface area contributed by atoms with Crippen LogP contribution in [0, 0.1) is 7.14 Å². The lowest BCUT2D eigenvalue weighted by Crippen LogP contribution is -2.12. The molecule has 0 amide bonds. The third-order valence-corrected chi connectivity index (χ3v) is 3.40. The third kappa shape index (κ3) is 2.69. The topological polar surface area (TPSA) is 32.3 Å². The van der Waals surface area contributed by atoms with Crippen LogP contribution in [0.15, 0.2) is 12.1 Å². The van der Waals surface area contributed by atoms with E-state index in [0.29, 0.717) is 5.75 Å². The molecule has 0 fully saturated rings. The van der Waals surface area contributed by atoms with E-state index in [1.807, 2.05) is 26.1 Å². The average molecular weight is 403 g/mol. The molecule has 2 nitrogen and oxygen atoms in total. The number of rotatable bonds is 2. The molecular formula is C9H11I2NO. The van der Waals surface area contributed by atoms with Gasteiger partial charge in [0, 0.05) is 15.2 Å². The molecule has 0 saturated carbocycles. The summed E-state index contributed by atoms with van der Waals surface area (Å²) in [6.07, 6.45) is 0. The molecule has 0 aromatic heterocycles. The van der Waals surface area contributed by atoms with Gasteiger partial charge in [0.25, 0.3) is 0 Å². The Kier molecular flexibility index (Phi) is 4.24. The molecule has 0 radical (unpaired) electrons. The van der Waals surface area contributed by atoms with Crippen molar-refractivity contribution >= 4 is 45.2 Å². The second kappa shape index (κ2) is 4.79. The van der Waals surface area contributed by atoms with E-state index in [-0.39, 0.29) is 6.04 Å². The summed E-state index contributed by atoms with van der Waals surface area (Å²) in [4.78, 5) is 0. The maximum atomic E-state index is 9.77. The van der Waals surface area contributed by atoms with Gasteiger partial charge in [0.1, 0.15) is 5.75 Å². The molecule has 0 bridgehead atoms. The van der Waals surface area contributed by atoms with E-state index < -0.39 is 0 Å². The van der Waals surface area contributed by atoms with Crippen LogP contribution in [0.5, 0.6) is 5.75 Å². The molecule has 1 atom stereocenters. The molecule has 0 aliphatic rings. The smallest absolute Gasteiger partial charge is 0.133 e. The molecule has 0 unspecified atom stereocenters. The lowest BCUT2D eigenvalue weighted by atomic mass is 10.1. The summed E-state index contributed by atoms with van der Waals surface area (Å²) in [7, 11) is 1.89. The lowest BCUT2D eigenvalue weighted by molar-refractivity contribution is 0.454. The van der Waals surface area contributed by atoms with Crippen LogP contribution in [0.25, 0.3) is 0 Å². The van der Waals surface area contributed by atoms with Crippen molar-refractivity contribution < 1.29 is 5.11 Å². The normalized spacial score (nSPS) is 12.9. The van der Waals surface area contributed by atoms with E-state index in [1.165, 1.54) is 0 Å². The minimum atomic E-state index is 0.184. The van der Waals surface area contributed by atoms with Crippen molar-refractivity contribution in [2.45, 2.75) is 13.0 Å². The zero-order valence-electron chi connectivity index (χ0n) is 7.44. The van der Waals surface area contributed by atoms with Gasteiger partial charge in [0.05, 0.1) is 3.57 Å². The van der Waals surface area contributed by atoms with Crippen LogP contribution in [0.1, 0.15) is 18.5 Å². The minimum absolute atomic E-state index is 0.184. The van der Waals surface area contributed by atoms with Crippen LogP contribution < -0.4 is 5.32 Å². The Morgan fingerprint density at radius 2 is 2.00 bits per heavy atom. The fraction of sp³-hybridized carbons (Fsp3) is 0.333. The molecule has 4 heteroatoms. The minimum Gasteiger partial charge on any atom is -0.506 e. The predicted octanol–water partition coefficient (Wildman–Crippen LogP) is 2.88. The first-order valence-electron chi connectivity index (χ1n) is 3.91. The van der Waals surface area contributed by atoms with E-state index >= 15 is 0 Å². The van der Waals surface area contributed by atoms with E-state index in [9.17, 15) is 5.11 Å². The number of benzene rings is 1. The molecule has 0 aliphatic carbocycles. The molecule has 2 N–H and O–H groups in total. The standard InChI is InChI=1S/C9H11I2NO/c1-5(12-2)7-3-6(10)4-8(11)9(7)13/h3-5,12-13H,1-2H3/t5-/m0/s1. The van der Waals surface area contributed by atoms with Gasteiger partial charge in [-0.15, -0.1) is 0 Å². The Hall–Kier alpha value is 0.440. The molecule has 1 rings (SSSR count). The second-order valence-corrected chi connectivity index (χ2v) is 5.24. The van der Waals surface area contributed by atoms with Crippen LogP contribution in [0.3, 0.4) is 0 Å². The molecular weight excluding hydrogens is 392 g/mol. The number of hydrogen-bond donors (Lipinski definition) is 2. The highest BCUT2D eigenvalue weighted by Gasteiger charge is 2.11. The van der Waals surface area contributed by atoms with Gasteiger partial charge in [-0.25, -0.2) is 0 Å². The molecule has 0 saturated heterocycles. The summed E-state index contributed by atoms with van der Waals surface area (Å²) in [5, 5.41) is 12.9. The fourth-order valence-corrected chi connectivity index (χ4v) is 2.96. The largest absolute Gasteiger partial charge is 0.506 e.